The van der Waals surface area contributed by atoms with E-state index >= 15 is 0 Å². The number of nitrogens with zero attached hydrogens (tertiary/aromatic N) is 3. The highest BCUT2D eigenvalue weighted by Crippen LogP contribution is 2.34. The van der Waals surface area contributed by atoms with E-state index in [1.54, 1.807) is 48.4 Å². The topological polar surface area (TPSA) is 87.2 Å². The first-order valence-corrected chi connectivity index (χ1v) is 12.8. The molecule has 0 aromatic heterocycles. The van der Waals surface area contributed by atoms with Crippen molar-refractivity contribution in [3.63, 3.8) is 0 Å². The molecule has 0 saturated carbocycles. The molecule has 4 rings (SSSR count). The minimum atomic E-state index is -3.47. The molecule has 2 aliphatic rings. The summed E-state index contributed by atoms with van der Waals surface area (Å²) in [5.74, 6) is 0.179. The number of carbonyl (C=O) groups excluding carboxylic acids is 2. The van der Waals surface area contributed by atoms with E-state index in [4.69, 9.17) is 16.3 Å². The second-order valence-electron chi connectivity index (χ2n) is 8.07. The molecule has 1 unspecified atom stereocenters. The van der Waals surface area contributed by atoms with Crippen LogP contribution in [0.3, 0.4) is 0 Å². The summed E-state index contributed by atoms with van der Waals surface area (Å²) in [5.41, 5.74) is 1.22. The first-order valence-electron chi connectivity index (χ1n) is 10.7. The van der Waals surface area contributed by atoms with E-state index in [9.17, 15) is 18.0 Å². The van der Waals surface area contributed by atoms with Gasteiger partial charge in [-0.3, -0.25) is 9.69 Å². The van der Waals surface area contributed by atoms with E-state index in [2.05, 4.69) is 0 Å². The van der Waals surface area contributed by atoms with Crippen molar-refractivity contribution in [3.8, 4) is 5.75 Å². The summed E-state index contributed by atoms with van der Waals surface area (Å²) >= 11 is 6.25. The number of amides is 3. The maximum Gasteiger partial charge on any atom is 0.325 e. The van der Waals surface area contributed by atoms with Gasteiger partial charge in [0.25, 0.3) is 0 Å². The summed E-state index contributed by atoms with van der Waals surface area (Å²) in [6, 6.07) is 13.9. The molecular formula is C23H26ClN3O5S. The van der Waals surface area contributed by atoms with E-state index < -0.39 is 15.1 Å². The number of para-hydroxylation sites is 2. The third-order valence-corrected chi connectivity index (χ3v) is 8.59. The highest BCUT2D eigenvalue weighted by atomic mass is 35.5. The Morgan fingerprint density at radius 1 is 1.06 bits per heavy atom. The van der Waals surface area contributed by atoms with Gasteiger partial charge in [0.05, 0.1) is 23.8 Å². The van der Waals surface area contributed by atoms with E-state index in [1.165, 1.54) is 9.80 Å². The molecule has 0 N–H and O–H groups in total. The zero-order valence-corrected chi connectivity index (χ0v) is 19.9. The Morgan fingerprint density at radius 3 is 2.55 bits per heavy atom. The molecule has 2 fully saturated rings. The van der Waals surface area contributed by atoms with Crippen molar-refractivity contribution in [2.75, 3.05) is 50.5 Å². The van der Waals surface area contributed by atoms with Crippen LogP contribution < -0.4 is 9.64 Å². The number of urea groups is 1. The van der Waals surface area contributed by atoms with Crippen LogP contribution in [0.1, 0.15) is 17.2 Å². The lowest BCUT2D eigenvalue weighted by Gasteiger charge is -2.24. The first-order chi connectivity index (χ1) is 15.8. The van der Waals surface area contributed by atoms with Gasteiger partial charge in [-0.2, -0.15) is 0 Å². The maximum absolute atomic E-state index is 13.0. The zero-order chi connectivity index (χ0) is 23.6. The third-order valence-electron chi connectivity index (χ3n) is 6.14. The minimum Gasteiger partial charge on any atom is -0.495 e. The molecule has 0 radical (unpaired) electrons. The highest BCUT2D eigenvalue weighted by molar-refractivity contribution is 7.91. The van der Waals surface area contributed by atoms with Crippen LogP contribution in [-0.2, 0) is 14.6 Å². The fourth-order valence-corrected chi connectivity index (χ4v) is 6.50. The minimum absolute atomic E-state index is 0.0959. The first kappa shape index (κ1) is 23.4. The van der Waals surface area contributed by atoms with Gasteiger partial charge in [0.2, 0.25) is 5.91 Å². The van der Waals surface area contributed by atoms with Crippen LogP contribution in [0.15, 0.2) is 48.5 Å². The van der Waals surface area contributed by atoms with Crippen LogP contribution in [0.5, 0.6) is 5.75 Å². The zero-order valence-electron chi connectivity index (χ0n) is 18.3. The summed E-state index contributed by atoms with van der Waals surface area (Å²) in [6.07, 6.45) is 0.263. The SMILES string of the molecule is COc1ccccc1N1CCN(CC(=O)N2CCC(c3ccccc3Cl)S(=O)(=O)CC2)C1=O. The summed E-state index contributed by atoms with van der Waals surface area (Å²) in [5, 5.41) is -0.344. The summed E-state index contributed by atoms with van der Waals surface area (Å²) in [7, 11) is -1.93. The molecule has 2 heterocycles. The van der Waals surface area contributed by atoms with E-state index in [1.807, 2.05) is 12.1 Å². The van der Waals surface area contributed by atoms with Gasteiger partial charge in [-0.15, -0.1) is 0 Å². The molecule has 2 aromatic rings. The van der Waals surface area contributed by atoms with Crippen molar-refractivity contribution in [2.45, 2.75) is 11.7 Å². The number of hydrogen-bond acceptors (Lipinski definition) is 5. The smallest absolute Gasteiger partial charge is 0.325 e. The van der Waals surface area contributed by atoms with Crippen molar-refractivity contribution in [2.24, 2.45) is 0 Å². The molecule has 2 aromatic carbocycles. The van der Waals surface area contributed by atoms with Crippen molar-refractivity contribution >= 4 is 39.1 Å². The van der Waals surface area contributed by atoms with Crippen LogP contribution in [0.25, 0.3) is 0 Å². The summed E-state index contributed by atoms with van der Waals surface area (Å²) in [6.45, 7) is 1.13. The Balaban J connectivity index is 1.43. The van der Waals surface area contributed by atoms with Gasteiger partial charge in [-0.1, -0.05) is 41.9 Å². The molecule has 0 aliphatic carbocycles. The van der Waals surface area contributed by atoms with E-state index in [0.717, 1.165) is 0 Å². The molecule has 33 heavy (non-hydrogen) atoms. The summed E-state index contributed by atoms with van der Waals surface area (Å²) in [4.78, 5) is 30.6. The Morgan fingerprint density at radius 2 is 1.79 bits per heavy atom. The van der Waals surface area contributed by atoms with Crippen molar-refractivity contribution < 1.29 is 22.7 Å². The number of benzene rings is 2. The van der Waals surface area contributed by atoms with E-state index in [-0.39, 0.29) is 43.7 Å². The summed E-state index contributed by atoms with van der Waals surface area (Å²) < 4.78 is 31.2. The monoisotopic (exact) mass is 491 g/mol. The average Bonchev–Trinajstić information content (AvgIpc) is 3.07. The number of sulfone groups is 1. The number of methoxy groups -OCH3 is 1. The number of carbonyl (C=O) groups is 2. The molecule has 10 heteroatoms. The lowest BCUT2D eigenvalue weighted by atomic mass is 10.1. The number of halogens is 1. The van der Waals surface area contributed by atoms with Gasteiger partial charge in [-0.25, -0.2) is 13.2 Å². The van der Waals surface area contributed by atoms with Gasteiger partial charge in [-0.05, 0) is 30.2 Å². The standard InChI is InChI=1S/C23H26ClN3O5S/c1-32-20-9-5-4-8-19(20)27-13-12-26(23(27)29)16-22(28)25-11-10-21(33(30,31)15-14-25)17-6-2-3-7-18(17)24/h2-9,21H,10-16H2,1H3. The van der Waals surface area contributed by atoms with Crippen LogP contribution >= 0.6 is 11.6 Å². The Bertz CT molecular complexity index is 1160. The van der Waals surface area contributed by atoms with Gasteiger partial charge >= 0.3 is 6.03 Å². The molecule has 0 bridgehead atoms. The number of hydrogen-bond donors (Lipinski definition) is 0. The largest absolute Gasteiger partial charge is 0.495 e. The molecule has 2 saturated heterocycles. The fraction of sp³-hybridized carbons (Fsp3) is 0.391. The normalized spacial score (nSPS) is 20.6. The molecule has 0 spiro atoms. The second-order valence-corrected chi connectivity index (χ2v) is 10.8. The van der Waals surface area contributed by atoms with Crippen LogP contribution in [0.4, 0.5) is 10.5 Å². The van der Waals surface area contributed by atoms with Crippen molar-refractivity contribution in [1.29, 1.82) is 0 Å². The van der Waals surface area contributed by atoms with Crippen molar-refractivity contribution in [1.82, 2.24) is 9.80 Å². The van der Waals surface area contributed by atoms with Gasteiger partial charge in [0, 0.05) is 31.2 Å². The molecule has 8 nitrogen and oxygen atoms in total. The number of ether oxygens (including phenoxy) is 1. The van der Waals surface area contributed by atoms with Crippen LogP contribution in [-0.4, -0.2) is 75.7 Å². The average molecular weight is 492 g/mol. The van der Waals surface area contributed by atoms with Gasteiger partial charge < -0.3 is 14.5 Å². The van der Waals surface area contributed by atoms with Gasteiger partial charge in [0.15, 0.2) is 9.84 Å². The highest BCUT2D eigenvalue weighted by Gasteiger charge is 2.36. The molecule has 176 valence electrons. The fourth-order valence-electron chi connectivity index (χ4n) is 4.35. The molecule has 1 atom stereocenters. The van der Waals surface area contributed by atoms with E-state index in [0.29, 0.717) is 35.1 Å². The molecular weight excluding hydrogens is 466 g/mol. The lowest BCUT2D eigenvalue weighted by Crippen LogP contribution is -2.43. The van der Waals surface area contributed by atoms with Crippen LogP contribution in [0.2, 0.25) is 5.02 Å². The number of anilines is 1. The number of rotatable bonds is 5. The second kappa shape index (κ2) is 9.61. The quantitative estimate of drug-likeness (QED) is 0.641. The Labute approximate surface area is 198 Å². The predicted octanol–water partition coefficient (Wildman–Crippen LogP) is 2.98. The Kier molecular flexibility index (Phi) is 6.81. The third kappa shape index (κ3) is 4.79. The van der Waals surface area contributed by atoms with Gasteiger partial charge in [0.1, 0.15) is 12.3 Å². The van der Waals surface area contributed by atoms with Crippen molar-refractivity contribution in [3.05, 3.63) is 59.1 Å². The molecule has 3 amide bonds. The lowest BCUT2D eigenvalue weighted by molar-refractivity contribution is -0.131. The Hall–Kier alpha value is -2.78. The van der Waals surface area contributed by atoms with Crippen LogP contribution in [0, 0.1) is 0 Å². The maximum atomic E-state index is 13.0. The molecule has 2 aliphatic heterocycles. The predicted molar refractivity (Wildman–Crippen MR) is 126 cm³/mol.